The summed E-state index contributed by atoms with van der Waals surface area (Å²) in [5.74, 6) is 1.45. The zero-order valence-electron chi connectivity index (χ0n) is 10.3. The third kappa shape index (κ3) is 2.73. The van der Waals surface area contributed by atoms with E-state index in [0.717, 1.165) is 6.42 Å². The van der Waals surface area contributed by atoms with Gasteiger partial charge in [-0.1, -0.05) is 73.4 Å². The van der Waals surface area contributed by atoms with Crippen molar-refractivity contribution >= 4 is 8.07 Å². The second kappa shape index (κ2) is 4.42. The van der Waals surface area contributed by atoms with Crippen molar-refractivity contribution in [3.63, 3.8) is 0 Å². The van der Waals surface area contributed by atoms with E-state index in [2.05, 4.69) is 68.2 Å². The average molecular weight is 227 g/mol. The lowest BCUT2D eigenvalue weighted by molar-refractivity contribution is 1.10. The molecule has 0 N–H and O–H groups in total. The Morgan fingerprint density at radius 2 is 1.62 bits per heavy atom. The predicted molar refractivity (Wildman–Crippen MR) is 74.0 cm³/mol. The molecule has 0 spiro atoms. The van der Waals surface area contributed by atoms with Gasteiger partial charge in [-0.15, -0.1) is 0 Å². The SMILES string of the molecule is C[Si](C)(C)C1=C[C](Cc2ccccc2)C=C1. The van der Waals surface area contributed by atoms with Crippen molar-refractivity contribution in [3.8, 4) is 0 Å². The highest BCUT2D eigenvalue weighted by atomic mass is 28.3. The largest absolute Gasteiger partial charge is 0.0772 e. The molecule has 16 heavy (non-hydrogen) atoms. The Kier molecular flexibility index (Phi) is 3.15. The molecule has 0 aromatic heterocycles. The van der Waals surface area contributed by atoms with Crippen LogP contribution in [0, 0.1) is 5.92 Å². The van der Waals surface area contributed by atoms with E-state index in [1.807, 2.05) is 0 Å². The fourth-order valence-electron chi connectivity index (χ4n) is 1.90. The smallest absolute Gasteiger partial charge is 0.0738 e. The lowest BCUT2D eigenvalue weighted by Gasteiger charge is -2.15. The second-order valence-corrected chi connectivity index (χ2v) is 10.5. The number of allylic oxidation sites excluding steroid dienone is 4. The minimum atomic E-state index is -1.13. The van der Waals surface area contributed by atoms with Crippen molar-refractivity contribution < 1.29 is 0 Å². The number of hydrogen-bond donors (Lipinski definition) is 0. The Morgan fingerprint density at radius 1 is 0.938 bits per heavy atom. The normalized spacial score (nSPS) is 16.6. The van der Waals surface area contributed by atoms with Gasteiger partial charge < -0.3 is 0 Å². The molecule has 0 atom stereocenters. The lowest BCUT2D eigenvalue weighted by Crippen LogP contribution is -2.21. The molecule has 0 fully saturated rings. The van der Waals surface area contributed by atoms with Crippen molar-refractivity contribution in [3.05, 3.63) is 65.2 Å². The third-order valence-corrected chi connectivity index (χ3v) is 4.98. The van der Waals surface area contributed by atoms with Gasteiger partial charge in [0.25, 0.3) is 0 Å². The van der Waals surface area contributed by atoms with Crippen LogP contribution >= 0.6 is 0 Å². The molecular weight excluding hydrogens is 208 g/mol. The van der Waals surface area contributed by atoms with Crippen LogP contribution in [0.5, 0.6) is 0 Å². The van der Waals surface area contributed by atoms with Crippen LogP contribution in [0.3, 0.4) is 0 Å². The van der Waals surface area contributed by atoms with Crippen LogP contribution in [0.1, 0.15) is 5.56 Å². The monoisotopic (exact) mass is 227 g/mol. The van der Waals surface area contributed by atoms with Crippen LogP contribution < -0.4 is 0 Å². The molecule has 0 saturated heterocycles. The highest BCUT2D eigenvalue weighted by Gasteiger charge is 2.22. The van der Waals surface area contributed by atoms with E-state index in [1.54, 1.807) is 5.20 Å². The van der Waals surface area contributed by atoms with Gasteiger partial charge in [-0.05, 0) is 12.0 Å². The minimum Gasteiger partial charge on any atom is -0.0738 e. The van der Waals surface area contributed by atoms with E-state index in [0.29, 0.717) is 0 Å². The number of rotatable bonds is 3. The van der Waals surface area contributed by atoms with E-state index in [1.165, 1.54) is 11.5 Å². The van der Waals surface area contributed by atoms with Crippen LogP contribution in [0.15, 0.2) is 53.8 Å². The van der Waals surface area contributed by atoms with Gasteiger partial charge in [0, 0.05) is 5.92 Å². The van der Waals surface area contributed by atoms with Crippen LogP contribution in [0.25, 0.3) is 0 Å². The fourth-order valence-corrected chi connectivity index (χ4v) is 3.10. The quantitative estimate of drug-likeness (QED) is 0.680. The van der Waals surface area contributed by atoms with Gasteiger partial charge >= 0.3 is 0 Å². The van der Waals surface area contributed by atoms with Crippen LogP contribution in [-0.2, 0) is 6.42 Å². The Balaban J connectivity index is 2.06. The first kappa shape index (κ1) is 11.4. The minimum absolute atomic E-state index is 1.06. The summed E-state index contributed by atoms with van der Waals surface area (Å²) in [7, 11) is -1.13. The van der Waals surface area contributed by atoms with E-state index >= 15 is 0 Å². The molecule has 1 radical (unpaired) electrons. The molecule has 0 heterocycles. The first-order valence-electron chi connectivity index (χ1n) is 5.86. The zero-order valence-corrected chi connectivity index (χ0v) is 11.3. The molecule has 0 nitrogen and oxygen atoms in total. The Morgan fingerprint density at radius 3 is 2.19 bits per heavy atom. The van der Waals surface area contributed by atoms with Crippen LogP contribution in [-0.4, -0.2) is 8.07 Å². The summed E-state index contributed by atoms with van der Waals surface area (Å²) in [4.78, 5) is 0. The standard InChI is InChI=1S/C15H19Si/c1-16(2,3)15-10-9-14(12-15)11-13-7-5-4-6-8-13/h4-10,12H,11H2,1-3H3. The molecule has 1 aromatic carbocycles. The first-order valence-corrected chi connectivity index (χ1v) is 9.36. The van der Waals surface area contributed by atoms with Gasteiger partial charge in [0.1, 0.15) is 0 Å². The van der Waals surface area contributed by atoms with Crippen molar-refractivity contribution in [1.29, 1.82) is 0 Å². The zero-order chi connectivity index (χ0) is 11.6. The molecule has 1 aliphatic rings. The Hall–Kier alpha value is -1.08. The maximum atomic E-state index is 2.40. The van der Waals surface area contributed by atoms with E-state index < -0.39 is 8.07 Å². The summed E-state index contributed by atoms with van der Waals surface area (Å²) >= 11 is 0. The third-order valence-electron chi connectivity index (χ3n) is 2.93. The van der Waals surface area contributed by atoms with E-state index in [9.17, 15) is 0 Å². The molecule has 1 heteroatoms. The highest BCUT2D eigenvalue weighted by molar-refractivity contribution is 6.83. The Labute approximate surface area is 99.7 Å². The van der Waals surface area contributed by atoms with Gasteiger partial charge in [-0.2, -0.15) is 0 Å². The van der Waals surface area contributed by atoms with E-state index in [-0.39, 0.29) is 0 Å². The molecule has 0 unspecified atom stereocenters. The van der Waals surface area contributed by atoms with Gasteiger partial charge in [-0.25, -0.2) is 0 Å². The molecule has 2 rings (SSSR count). The maximum Gasteiger partial charge on any atom is 0.0772 e. The maximum absolute atomic E-state index is 2.40. The second-order valence-electron chi connectivity index (χ2n) is 5.42. The van der Waals surface area contributed by atoms with Gasteiger partial charge in [0.05, 0.1) is 8.07 Å². The fraction of sp³-hybridized carbons (Fsp3) is 0.267. The van der Waals surface area contributed by atoms with Gasteiger partial charge in [0.15, 0.2) is 0 Å². The highest BCUT2D eigenvalue weighted by Crippen LogP contribution is 2.27. The molecule has 0 aliphatic heterocycles. The molecule has 0 saturated carbocycles. The topological polar surface area (TPSA) is 0 Å². The van der Waals surface area contributed by atoms with Gasteiger partial charge in [0.2, 0.25) is 0 Å². The Bertz CT molecular complexity index is 407. The first-order chi connectivity index (χ1) is 7.55. The lowest BCUT2D eigenvalue weighted by atomic mass is 10.0. The average Bonchev–Trinajstić information content (AvgIpc) is 2.67. The summed E-state index contributed by atoms with van der Waals surface area (Å²) in [5, 5.41) is 1.57. The summed E-state index contributed by atoms with van der Waals surface area (Å²) in [5.41, 5.74) is 1.40. The molecule has 83 valence electrons. The molecule has 1 aromatic rings. The van der Waals surface area contributed by atoms with Crippen molar-refractivity contribution in [2.45, 2.75) is 26.1 Å². The summed E-state index contributed by atoms with van der Waals surface area (Å²) in [6, 6.07) is 10.7. The molecule has 0 bridgehead atoms. The number of hydrogen-bond acceptors (Lipinski definition) is 0. The van der Waals surface area contributed by atoms with Crippen molar-refractivity contribution in [2.24, 2.45) is 0 Å². The summed E-state index contributed by atoms with van der Waals surface area (Å²) < 4.78 is 0. The summed E-state index contributed by atoms with van der Waals surface area (Å²) in [6.07, 6.45) is 8.04. The predicted octanol–water partition coefficient (Wildman–Crippen LogP) is 4.18. The van der Waals surface area contributed by atoms with Crippen molar-refractivity contribution in [1.82, 2.24) is 0 Å². The molecule has 1 aliphatic carbocycles. The summed E-state index contributed by atoms with van der Waals surface area (Å²) in [6.45, 7) is 7.19. The van der Waals surface area contributed by atoms with Crippen LogP contribution in [0.2, 0.25) is 19.6 Å². The molecular formula is C15H19Si. The van der Waals surface area contributed by atoms with Gasteiger partial charge in [-0.3, -0.25) is 0 Å². The van der Waals surface area contributed by atoms with Crippen LogP contribution in [0.4, 0.5) is 0 Å². The number of benzene rings is 1. The molecule has 0 amide bonds. The van der Waals surface area contributed by atoms with E-state index in [4.69, 9.17) is 0 Å². The van der Waals surface area contributed by atoms with Crippen molar-refractivity contribution in [2.75, 3.05) is 0 Å².